The minimum absolute atomic E-state index is 0.774. The van der Waals surface area contributed by atoms with Crippen LogP contribution in [0.1, 0.15) is 83.1 Å². The van der Waals surface area contributed by atoms with Crippen LogP contribution in [0.25, 0.3) is 0 Å². The first-order valence-corrected chi connectivity index (χ1v) is 10.9. The molecule has 1 aromatic rings. The predicted octanol–water partition coefficient (Wildman–Crippen LogP) is 7.65. The molecule has 120 valence electrons. The van der Waals surface area contributed by atoms with Gasteiger partial charge in [0, 0.05) is 8.47 Å². The van der Waals surface area contributed by atoms with Crippen molar-refractivity contribution in [3.63, 3.8) is 0 Å². The largest absolute Gasteiger partial charge is 0.128 e. The molecule has 1 rings (SSSR count). The smallest absolute Gasteiger partial charge is 0.0266 e. The average Bonchev–Trinajstić information content (AvgIpc) is 2.50. The Bertz CT molecular complexity index is 389. The molecule has 0 aliphatic rings. The van der Waals surface area contributed by atoms with E-state index >= 15 is 0 Å². The zero-order chi connectivity index (χ0) is 15.5. The third-order valence-electron chi connectivity index (χ3n) is 4.21. The van der Waals surface area contributed by atoms with Crippen molar-refractivity contribution in [1.82, 2.24) is 0 Å². The SMILES string of the molecule is CCCCCCC(CCCCC)c1ccc(I)c(SC)c1. The summed E-state index contributed by atoms with van der Waals surface area (Å²) in [4.78, 5) is 1.45. The summed E-state index contributed by atoms with van der Waals surface area (Å²) >= 11 is 4.33. The third-order valence-corrected chi connectivity index (χ3v) is 6.29. The van der Waals surface area contributed by atoms with Crippen LogP contribution in [0.15, 0.2) is 23.1 Å². The minimum Gasteiger partial charge on any atom is -0.128 e. The molecule has 21 heavy (non-hydrogen) atoms. The molecule has 0 bridgehead atoms. The van der Waals surface area contributed by atoms with Gasteiger partial charge in [-0.2, -0.15) is 0 Å². The molecule has 0 fully saturated rings. The number of hydrogen-bond acceptors (Lipinski definition) is 1. The fourth-order valence-corrected chi connectivity index (χ4v) is 4.38. The Morgan fingerprint density at radius 2 is 1.57 bits per heavy atom. The summed E-state index contributed by atoms with van der Waals surface area (Å²) < 4.78 is 1.39. The quantitative estimate of drug-likeness (QED) is 0.202. The van der Waals surface area contributed by atoms with Crippen LogP contribution < -0.4 is 0 Å². The lowest BCUT2D eigenvalue weighted by atomic mass is 9.88. The summed E-state index contributed by atoms with van der Waals surface area (Å²) in [6.07, 6.45) is 14.5. The molecule has 1 atom stereocenters. The number of benzene rings is 1. The van der Waals surface area contributed by atoms with E-state index in [1.165, 1.54) is 66.3 Å². The Kier molecular flexibility index (Phi) is 10.9. The molecule has 0 saturated heterocycles. The Balaban J connectivity index is 2.68. The van der Waals surface area contributed by atoms with E-state index in [4.69, 9.17) is 0 Å². The summed E-state index contributed by atoms with van der Waals surface area (Å²) in [6, 6.07) is 7.13. The highest BCUT2D eigenvalue weighted by atomic mass is 127. The van der Waals surface area contributed by atoms with Crippen LogP contribution in [0.5, 0.6) is 0 Å². The van der Waals surface area contributed by atoms with Crippen molar-refractivity contribution in [2.45, 2.75) is 82.4 Å². The van der Waals surface area contributed by atoms with Crippen molar-refractivity contribution in [1.29, 1.82) is 0 Å². The van der Waals surface area contributed by atoms with E-state index < -0.39 is 0 Å². The normalized spacial score (nSPS) is 12.6. The van der Waals surface area contributed by atoms with Crippen molar-refractivity contribution < 1.29 is 0 Å². The van der Waals surface area contributed by atoms with E-state index in [0.29, 0.717) is 0 Å². The molecule has 0 aromatic heterocycles. The summed E-state index contributed by atoms with van der Waals surface area (Å²) in [5, 5.41) is 0. The Labute approximate surface area is 150 Å². The zero-order valence-corrected chi connectivity index (χ0v) is 16.9. The third kappa shape index (κ3) is 7.40. The molecule has 1 aromatic carbocycles. The van der Waals surface area contributed by atoms with Crippen molar-refractivity contribution >= 4 is 34.4 Å². The second-order valence-electron chi connectivity index (χ2n) is 5.94. The highest BCUT2D eigenvalue weighted by Gasteiger charge is 2.13. The lowest BCUT2D eigenvalue weighted by molar-refractivity contribution is 0.500. The van der Waals surface area contributed by atoms with Gasteiger partial charge in [0.25, 0.3) is 0 Å². The average molecular weight is 418 g/mol. The van der Waals surface area contributed by atoms with Crippen LogP contribution in [0.4, 0.5) is 0 Å². The van der Waals surface area contributed by atoms with Gasteiger partial charge < -0.3 is 0 Å². The van der Waals surface area contributed by atoms with Crippen molar-refractivity contribution in [2.24, 2.45) is 0 Å². The molecule has 0 nitrogen and oxygen atoms in total. The fourth-order valence-electron chi connectivity index (χ4n) is 2.87. The minimum atomic E-state index is 0.774. The fraction of sp³-hybridized carbons (Fsp3) is 0.684. The first kappa shape index (κ1) is 19.3. The molecule has 1 unspecified atom stereocenters. The highest BCUT2D eigenvalue weighted by Crippen LogP contribution is 2.32. The summed E-state index contributed by atoms with van der Waals surface area (Å²) in [6.45, 7) is 4.59. The standard InChI is InChI=1S/C19H31IS/c1-4-6-8-10-12-16(11-9-7-5-2)17-13-14-18(20)19(15-17)21-3/h13-16H,4-12H2,1-3H3. The number of rotatable bonds is 11. The van der Waals surface area contributed by atoms with E-state index in [1.807, 2.05) is 11.8 Å². The van der Waals surface area contributed by atoms with E-state index in [9.17, 15) is 0 Å². The summed E-state index contributed by atoms with van der Waals surface area (Å²) in [5.74, 6) is 0.774. The number of halogens is 1. The van der Waals surface area contributed by atoms with E-state index in [-0.39, 0.29) is 0 Å². The maximum atomic E-state index is 2.45. The van der Waals surface area contributed by atoms with Crippen molar-refractivity contribution in [3.8, 4) is 0 Å². The van der Waals surface area contributed by atoms with Gasteiger partial charge in [-0.3, -0.25) is 0 Å². The first-order valence-electron chi connectivity index (χ1n) is 8.56. The summed E-state index contributed by atoms with van der Waals surface area (Å²) in [5.41, 5.74) is 1.58. The molecule has 0 saturated carbocycles. The van der Waals surface area contributed by atoms with Gasteiger partial charge >= 0.3 is 0 Å². The van der Waals surface area contributed by atoms with Gasteiger partial charge in [-0.1, -0.05) is 64.9 Å². The highest BCUT2D eigenvalue weighted by molar-refractivity contribution is 14.1. The van der Waals surface area contributed by atoms with Crippen LogP contribution in [-0.4, -0.2) is 6.26 Å². The lowest BCUT2D eigenvalue weighted by Crippen LogP contribution is -2.00. The van der Waals surface area contributed by atoms with Gasteiger partial charge in [0.1, 0.15) is 0 Å². The maximum absolute atomic E-state index is 2.45. The van der Waals surface area contributed by atoms with Gasteiger partial charge in [0.05, 0.1) is 0 Å². The van der Waals surface area contributed by atoms with Crippen molar-refractivity contribution in [2.75, 3.05) is 6.26 Å². The molecule has 0 radical (unpaired) electrons. The van der Waals surface area contributed by atoms with Crippen LogP contribution in [-0.2, 0) is 0 Å². The topological polar surface area (TPSA) is 0 Å². The first-order chi connectivity index (χ1) is 10.2. The monoisotopic (exact) mass is 418 g/mol. The number of thioether (sulfide) groups is 1. The van der Waals surface area contributed by atoms with E-state index in [1.54, 1.807) is 5.56 Å². The Hall–Kier alpha value is 0.300. The van der Waals surface area contributed by atoms with Gasteiger partial charge in [0.15, 0.2) is 0 Å². The molecule has 0 N–H and O–H groups in total. The van der Waals surface area contributed by atoms with E-state index in [2.05, 4.69) is 60.9 Å². The van der Waals surface area contributed by atoms with Crippen LogP contribution in [0.3, 0.4) is 0 Å². The number of unbranched alkanes of at least 4 members (excludes halogenated alkanes) is 5. The Morgan fingerprint density at radius 3 is 2.19 bits per heavy atom. The molecule has 2 heteroatoms. The summed E-state index contributed by atoms with van der Waals surface area (Å²) in [7, 11) is 0. The molecule has 0 amide bonds. The van der Waals surface area contributed by atoms with Gasteiger partial charge in [-0.25, -0.2) is 0 Å². The number of hydrogen-bond donors (Lipinski definition) is 0. The predicted molar refractivity (Wildman–Crippen MR) is 107 cm³/mol. The second kappa shape index (κ2) is 11.8. The van der Waals surface area contributed by atoms with Crippen LogP contribution >= 0.6 is 34.4 Å². The van der Waals surface area contributed by atoms with Crippen LogP contribution in [0, 0.1) is 3.57 Å². The zero-order valence-electron chi connectivity index (χ0n) is 14.0. The molecule has 0 aliphatic heterocycles. The Morgan fingerprint density at radius 1 is 0.952 bits per heavy atom. The molecular formula is C19H31IS. The van der Waals surface area contributed by atoms with Gasteiger partial charge in [0.2, 0.25) is 0 Å². The molecule has 0 heterocycles. The van der Waals surface area contributed by atoms with Gasteiger partial charge in [-0.15, -0.1) is 11.8 Å². The second-order valence-corrected chi connectivity index (χ2v) is 7.95. The maximum Gasteiger partial charge on any atom is 0.0266 e. The van der Waals surface area contributed by atoms with Crippen LogP contribution in [0.2, 0.25) is 0 Å². The molecule has 0 aliphatic carbocycles. The van der Waals surface area contributed by atoms with Gasteiger partial charge in [-0.05, 0) is 65.3 Å². The van der Waals surface area contributed by atoms with Crippen molar-refractivity contribution in [3.05, 3.63) is 27.3 Å². The molecular weight excluding hydrogens is 387 g/mol. The lowest BCUT2D eigenvalue weighted by Gasteiger charge is -2.18. The molecule has 0 spiro atoms. The van der Waals surface area contributed by atoms with E-state index in [0.717, 1.165) is 5.92 Å².